The standard InChI is InChI=1S/C22H20ClFN2O2/c1-16-5-4-6-17(11-16)21-13-20(24)12-18(22(21)28)7-8-19(23)14-26(15-27)10-9-25(2)3/h4-13,15H,1-3H3/p+1/b8-7+,10-9-. The summed E-state index contributed by atoms with van der Waals surface area (Å²) in [5, 5.41) is 10.7. The van der Waals surface area contributed by atoms with Gasteiger partial charge < -0.3 is 10.0 Å². The second-order valence-electron chi connectivity index (χ2n) is 6.33. The summed E-state index contributed by atoms with van der Waals surface area (Å²) in [7, 11) is 3.62. The van der Waals surface area contributed by atoms with Gasteiger partial charge in [-0.2, -0.15) is 0 Å². The number of hydrogen-bond donors (Lipinski definition) is 1. The zero-order valence-corrected chi connectivity index (χ0v) is 16.6. The van der Waals surface area contributed by atoms with Crippen molar-refractivity contribution in [1.29, 1.82) is 0 Å². The van der Waals surface area contributed by atoms with Crippen molar-refractivity contribution in [2.75, 3.05) is 14.1 Å². The SMILES string of the molecule is Cc1cccc(-c2cc(F)cc(/C=C/C(Cl)=C=[N+](C=O)/C=C\N(C)C)c2O)c1. The third-order valence-electron chi connectivity index (χ3n) is 3.72. The Hall–Kier alpha value is -3.14. The van der Waals surface area contributed by atoms with Gasteiger partial charge in [-0.1, -0.05) is 46.0 Å². The van der Waals surface area contributed by atoms with Gasteiger partial charge in [0.15, 0.2) is 0 Å². The summed E-state index contributed by atoms with van der Waals surface area (Å²) in [6, 6.07) is 9.92. The molecule has 0 unspecified atom stereocenters. The van der Waals surface area contributed by atoms with Gasteiger partial charge in [0.25, 0.3) is 0 Å². The molecule has 0 fully saturated rings. The molecule has 0 bridgehead atoms. The Kier molecular flexibility index (Phi) is 7.33. The average Bonchev–Trinajstić information content (AvgIpc) is 2.65. The average molecular weight is 400 g/mol. The second kappa shape index (κ2) is 9.70. The Labute approximate surface area is 168 Å². The van der Waals surface area contributed by atoms with Crippen LogP contribution in [-0.4, -0.2) is 41.0 Å². The van der Waals surface area contributed by atoms with Crippen LogP contribution in [0.1, 0.15) is 11.1 Å². The maximum Gasteiger partial charge on any atom is 0.389 e. The van der Waals surface area contributed by atoms with Crippen LogP contribution in [0.3, 0.4) is 0 Å². The zero-order valence-electron chi connectivity index (χ0n) is 15.9. The number of aryl methyl sites for hydroxylation is 1. The largest absolute Gasteiger partial charge is 0.507 e. The summed E-state index contributed by atoms with van der Waals surface area (Å²) >= 11 is 6.08. The minimum atomic E-state index is -0.485. The van der Waals surface area contributed by atoms with Crippen LogP contribution >= 0.6 is 11.6 Å². The van der Waals surface area contributed by atoms with Crippen LogP contribution in [-0.2, 0) is 4.79 Å². The molecular weight excluding hydrogens is 379 g/mol. The van der Waals surface area contributed by atoms with E-state index in [4.69, 9.17) is 11.6 Å². The summed E-state index contributed by atoms with van der Waals surface area (Å²) in [6.07, 6.45) is 6.58. The third kappa shape index (κ3) is 5.95. The van der Waals surface area contributed by atoms with E-state index in [0.717, 1.165) is 10.1 Å². The molecule has 0 saturated heterocycles. The fourth-order valence-corrected chi connectivity index (χ4v) is 2.57. The molecule has 28 heavy (non-hydrogen) atoms. The van der Waals surface area contributed by atoms with Gasteiger partial charge in [-0.25, -0.2) is 9.18 Å². The predicted molar refractivity (Wildman–Crippen MR) is 111 cm³/mol. The molecule has 0 heterocycles. The van der Waals surface area contributed by atoms with E-state index < -0.39 is 5.82 Å². The monoisotopic (exact) mass is 399 g/mol. The van der Waals surface area contributed by atoms with Crippen LogP contribution in [0.2, 0.25) is 0 Å². The first kappa shape index (κ1) is 21.2. The minimum absolute atomic E-state index is 0.0625. The van der Waals surface area contributed by atoms with Gasteiger partial charge >= 0.3 is 6.41 Å². The molecule has 0 saturated carbocycles. The summed E-state index contributed by atoms with van der Waals surface area (Å²) < 4.78 is 15.2. The van der Waals surface area contributed by atoms with Crippen molar-refractivity contribution in [3.05, 3.63) is 76.9 Å². The first-order chi connectivity index (χ1) is 13.3. The molecule has 0 aliphatic heterocycles. The number of halogens is 2. The number of aromatic hydroxyl groups is 1. The summed E-state index contributed by atoms with van der Waals surface area (Å²) in [4.78, 5) is 12.8. The van der Waals surface area contributed by atoms with Gasteiger partial charge in [0.05, 0.1) is 6.20 Å². The van der Waals surface area contributed by atoms with Crippen molar-refractivity contribution < 1.29 is 18.9 Å². The molecule has 0 aliphatic carbocycles. The highest BCUT2D eigenvalue weighted by Crippen LogP contribution is 2.34. The van der Waals surface area contributed by atoms with Crippen molar-refractivity contribution in [3.63, 3.8) is 0 Å². The lowest BCUT2D eigenvalue weighted by Crippen LogP contribution is -2.05. The topological polar surface area (TPSA) is 43.5 Å². The molecule has 0 aliphatic rings. The lowest BCUT2D eigenvalue weighted by atomic mass is 9.99. The number of carbonyl (C=O) groups is 1. The smallest absolute Gasteiger partial charge is 0.389 e. The molecule has 144 valence electrons. The number of nitrogens with zero attached hydrogens (tertiary/aromatic N) is 2. The first-order valence-corrected chi connectivity index (χ1v) is 8.83. The summed E-state index contributed by atoms with van der Waals surface area (Å²) in [6.45, 7) is 1.92. The first-order valence-electron chi connectivity index (χ1n) is 8.45. The van der Waals surface area contributed by atoms with Crippen molar-refractivity contribution in [2.45, 2.75) is 6.92 Å². The van der Waals surface area contributed by atoms with Crippen LogP contribution in [0, 0.1) is 12.7 Å². The Morgan fingerprint density at radius 2 is 2.04 bits per heavy atom. The van der Waals surface area contributed by atoms with E-state index in [9.17, 15) is 14.3 Å². The van der Waals surface area contributed by atoms with Crippen LogP contribution in [0.25, 0.3) is 17.2 Å². The number of amides is 1. The Bertz CT molecular complexity index is 1000. The number of benzene rings is 2. The number of allylic oxidation sites excluding steroid dienone is 2. The Balaban J connectivity index is 2.43. The molecule has 1 N–H and O–H groups in total. The number of hydrogen-bond acceptors (Lipinski definition) is 3. The second-order valence-corrected chi connectivity index (χ2v) is 6.74. The highest BCUT2D eigenvalue weighted by molar-refractivity contribution is 6.35. The molecule has 4 nitrogen and oxygen atoms in total. The normalized spacial score (nSPS) is 10.9. The van der Waals surface area contributed by atoms with Gasteiger partial charge in [0, 0.05) is 25.2 Å². The quantitative estimate of drug-likeness (QED) is 0.336. The van der Waals surface area contributed by atoms with E-state index in [0.29, 0.717) is 17.5 Å². The predicted octanol–water partition coefficient (Wildman–Crippen LogP) is 4.51. The molecule has 6 heteroatoms. The number of carbonyl (C=O) groups excluding carboxylic acids is 1. The van der Waals surface area contributed by atoms with E-state index in [1.54, 1.807) is 17.2 Å². The number of rotatable bonds is 6. The van der Waals surface area contributed by atoms with E-state index >= 15 is 0 Å². The highest BCUT2D eigenvalue weighted by atomic mass is 35.5. The zero-order chi connectivity index (χ0) is 20.7. The van der Waals surface area contributed by atoms with Crippen molar-refractivity contribution in [1.82, 2.24) is 4.90 Å². The maximum absolute atomic E-state index is 14.1. The lowest BCUT2D eigenvalue weighted by Gasteiger charge is -2.09. The van der Waals surface area contributed by atoms with E-state index in [2.05, 4.69) is 5.87 Å². The van der Waals surface area contributed by atoms with Gasteiger partial charge in [0.1, 0.15) is 16.6 Å². The van der Waals surface area contributed by atoms with E-state index in [1.165, 1.54) is 30.5 Å². The van der Waals surface area contributed by atoms with Gasteiger partial charge in [0.2, 0.25) is 12.1 Å². The molecule has 0 radical (unpaired) electrons. The fourth-order valence-electron chi connectivity index (χ4n) is 2.41. The molecular formula is C22H21ClFN2O2+. The highest BCUT2D eigenvalue weighted by Gasteiger charge is 2.11. The van der Waals surface area contributed by atoms with Gasteiger partial charge in [-0.05, 0) is 36.8 Å². The number of phenolic OH excluding ortho intramolecular Hbond substituents is 1. The molecule has 1 amide bonds. The van der Waals surface area contributed by atoms with Crippen molar-refractivity contribution in [3.8, 4) is 16.9 Å². The van der Waals surface area contributed by atoms with Gasteiger partial charge in [-0.3, -0.25) is 0 Å². The summed E-state index contributed by atoms with van der Waals surface area (Å²) in [5.74, 6) is 2.10. The maximum atomic E-state index is 14.1. The molecule has 0 atom stereocenters. The minimum Gasteiger partial charge on any atom is -0.507 e. The molecule has 0 spiro atoms. The lowest BCUT2D eigenvalue weighted by molar-refractivity contribution is -0.356. The molecule has 0 aromatic heterocycles. The van der Waals surface area contributed by atoms with Crippen LogP contribution in [0.5, 0.6) is 5.75 Å². The Morgan fingerprint density at radius 1 is 1.29 bits per heavy atom. The van der Waals surface area contributed by atoms with Crippen molar-refractivity contribution in [2.24, 2.45) is 0 Å². The van der Waals surface area contributed by atoms with Crippen LogP contribution < -0.4 is 0 Å². The fraction of sp³-hybridized carbons (Fsp3) is 0.136. The summed E-state index contributed by atoms with van der Waals surface area (Å²) in [5.41, 5.74) is 2.35. The van der Waals surface area contributed by atoms with E-state index in [1.807, 2.05) is 39.2 Å². The van der Waals surface area contributed by atoms with E-state index in [-0.39, 0.29) is 16.3 Å². The van der Waals surface area contributed by atoms with Crippen LogP contribution in [0.4, 0.5) is 4.39 Å². The molecule has 2 rings (SSSR count). The third-order valence-corrected chi connectivity index (χ3v) is 3.93. The van der Waals surface area contributed by atoms with Crippen molar-refractivity contribution >= 4 is 30.0 Å². The van der Waals surface area contributed by atoms with Crippen LogP contribution in [0.15, 0.2) is 59.9 Å². The molecule has 2 aromatic carbocycles. The Morgan fingerprint density at radius 3 is 2.68 bits per heavy atom. The molecule has 2 aromatic rings. The number of phenols is 1. The van der Waals surface area contributed by atoms with Gasteiger partial charge in [-0.15, -0.1) is 0 Å².